The lowest BCUT2D eigenvalue weighted by Crippen LogP contribution is -2.41. The van der Waals surface area contributed by atoms with Crippen molar-refractivity contribution in [1.82, 2.24) is 96.7 Å². The van der Waals surface area contributed by atoms with Gasteiger partial charge in [0.25, 0.3) is 47.3 Å². The standard InChI is InChI=1S/C29H29F2N5O3.C27H25F2N5O3.C26H26FN5O3S.C26H32FN5O3/c1-36(2)13-3-12-32-29(39)26-27(37)24-23(15-20(17-33-24)14-18-4-8-21(30)9-5-18)25(35-26)28(38)34-16-19-6-10-22(31)11-7-19;1-34(2)12-11-30-26(36)24-25(35)22-21(14-17(15-31-22)13-16-3-5-18(28)6-4-16)23(33-24)27(37)32-20-9-7-19(29)8-10-20;1-32(2)10-9-28-26(35)23-24(33)21-20(22(31-23)25(34)30-15-19-4-3-11-36-19)13-17(14-29-21)12-16-5-7-18(27)8-6-16;1-26(2,3)31-25(35)21-19-14-17(13-16-7-9-18(27)10-8-16)15-29-20(19)23(33)22(30-21)24(34)28-11-6-12-32(4)5/h4-11,15,17,37H,3,12-14,16H2,1-2H3,(H,32,39)(H,34,38);3-10,14-15,35H,11-13H2,1-2H3,(H,30,36)(H,32,37);3-8,11,13-14,33H,9-10,12,15H2,1-2H3,(H,28,35)(H,30,34);7-10,14-15,33H,6,11-13H2,1-5H3,(H,28,34)(H,31,35). The van der Waals surface area contributed by atoms with Gasteiger partial charge >= 0.3 is 0 Å². The summed E-state index contributed by atoms with van der Waals surface area (Å²) in [5.41, 5.74) is 5.57. The zero-order valence-electron chi connectivity index (χ0n) is 82.6. The molecule has 0 spiro atoms. The number of amides is 8. The third-order valence-corrected chi connectivity index (χ3v) is 23.2. The SMILES string of the molecule is CN(C)CCCNC(=O)c1nc(C(=O)NC(C)(C)C)c2cc(Cc3ccc(F)cc3)cnc2c1O.CN(C)CCCNC(=O)c1nc(C(=O)NCc2ccc(F)cc2)c2cc(Cc3ccc(F)cc3)cnc2c1O.CN(C)CCNC(=O)c1nc(C(=O)NCc2cccs2)c2cc(Cc3ccc(F)cc3)cnc2c1O.CN(C)CCNC(=O)c1nc(C(=O)Nc2ccc(F)cc2)c2cc(Cc3ccc(F)cc3)cnc2c1O. The molecule has 0 aliphatic heterocycles. The monoisotopic (exact) mass is 2030 g/mol. The molecule has 9 heterocycles. The zero-order chi connectivity index (χ0) is 106. The maximum Gasteiger partial charge on any atom is 0.274 e. The van der Waals surface area contributed by atoms with E-state index in [0.717, 1.165) is 57.8 Å². The number of likely N-dealkylation sites (N-methyl/N-ethyl adjacent to an activating group) is 2. The number of carbonyl (C=O) groups excluding carboxylic acids is 8. The highest BCUT2D eigenvalue weighted by Gasteiger charge is 2.31. The molecule has 0 saturated carbocycles. The van der Waals surface area contributed by atoms with E-state index in [1.807, 2.05) is 114 Å². The van der Waals surface area contributed by atoms with Crippen molar-refractivity contribution in [1.29, 1.82) is 0 Å². The Hall–Kier alpha value is -16.4. The van der Waals surface area contributed by atoms with E-state index >= 15 is 0 Å². The number of pyridine rings is 8. The fraction of sp³-hybridized carbons (Fsp3) is 0.259. The van der Waals surface area contributed by atoms with Gasteiger partial charge in [-0.15, -0.1) is 11.3 Å². The van der Waals surface area contributed by atoms with Gasteiger partial charge < -0.3 is 82.6 Å². The number of hydrogen-bond donors (Lipinski definition) is 12. The lowest BCUT2D eigenvalue weighted by molar-refractivity contribution is 0.0906. The number of nitrogens with zero attached hydrogens (tertiary/aromatic N) is 12. The smallest absolute Gasteiger partial charge is 0.274 e. The van der Waals surface area contributed by atoms with E-state index in [1.54, 1.807) is 97.3 Å². The topological polar surface area (TPSA) is 430 Å². The highest BCUT2D eigenvalue weighted by atomic mass is 32.1. The minimum Gasteiger partial charge on any atom is -0.504 e. The number of carbonyl (C=O) groups is 8. The molecule has 12 N–H and O–H groups in total. The van der Waals surface area contributed by atoms with E-state index in [1.165, 1.54) is 109 Å². The van der Waals surface area contributed by atoms with Crippen LogP contribution in [0.5, 0.6) is 23.0 Å². The molecular formula is C108H112F6N20O12S. The summed E-state index contributed by atoms with van der Waals surface area (Å²) in [5, 5.41) is 68.4. The van der Waals surface area contributed by atoms with Gasteiger partial charge in [-0.05, 0) is 299 Å². The number of halogens is 6. The van der Waals surface area contributed by atoms with Crippen molar-refractivity contribution in [2.24, 2.45) is 0 Å². The van der Waals surface area contributed by atoms with Crippen LogP contribution >= 0.6 is 11.3 Å². The van der Waals surface area contributed by atoms with Crippen molar-refractivity contribution in [3.63, 3.8) is 0 Å². The Morgan fingerprint density at radius 3 is 0.857 bits per heavy atom. The van der Waals surface area contributed by atoms with E-state index in [-0.39, 0.29) is 114 Å². The van der Waals surface area contributed by atoms with Gasteiger partial charge in [-0.3, -0.25) is 58.3 Å². The van der Waals surface area contributed by atoms with E-state index in [9.17, 15) is 85.1 Å². The van der Waals surface area contributed by atoms with Crippen LogP contribution in [0.2, 0.25) is 0 Å². The van der Waals surface area contributed by atoms with Crippen LogP contribution in [0.15, 0.2) is 212 Å². The van der Waals surface area contributed by atoms with Crippen LogP contribution in [0, 0.1) is 34.9 Å². The molecule has 0 saturated heterocycles. The number of nitrogens with one attached hydrogen (secondary N) is 8. The Morgan fingerprint density at radius 2 is 0.571 bits per heavy atom. The van der Waals surface area contributed by atoms with Gasteiger partial charge in [0.15, 0.2) is 45.8 Å². The van der Waals surface area contributed by atoms with Gasteiger partial charge in [-0.1, -0.05) is 66.7 Å². The predicted molar refractivity (Wildman–Crippen MR) is 549 cm³/mol. The summed E-state index contributed by atoms with van der Waals surface area (Å²) in [6.07, 6.45) is 9.24. The lowest BCUT2D eigenvalue weighted by atomic mass is 10.0. The Kier molecular flexibility index (Phi) is 38.1. The van der Waals surface area contributed by atoms with E-state index in [0.29, 0.717) is 111 Å². The number of rotatable bonds is 35. The first-order valence-electron chi connectivity index (χ1n) is 46.7. The molecule has 8 amide bonds. The summed E-state index contributed by atoms with van der Waals surface area (Å²) in [6.45, 7) is 9.99. The molecule has 764 valence electrons. The minimum absolute atomic E-state index is 0.000349. The highest BCUT2D eigenvalue weighted by molar-refractivity contribution is 7.09. The molecule has 147 heavy (non-hydrogen) atoms. The van der Waals surface area contributed by atoms with Crippen LogP contribution < -0.4 is 42.5 Å². The number of aromatic nitrogens is 8. The van der Waals surface area contributed by atoms with Gasteiger partial charge in [0.2, 0.25) is 0 Å². The second kappa shape index (κ2) is 51.2. The largest absolute Gasteiger partial charge is 0.504 e. The van der Waals surface area contributed by atoms with Crippen LogP contribution in [0.1, 0.15) is 172 Å². The molecule has 0 unspecified atom stereocenters. The summed E-state index contributed by atoms with van der Waals surface area (Å²) < 4.78 is 79.7. The lowest BCUT2D eigenvalue weighted by Gasteiger charge is -2.21. The van der Waals surface area contributed by atoms with Crippen LogP contribution in [0.3, 0.4) is 0 Å². The zero-order valence-corrected chi connectivity index (χ0v) is 83.4. The third kappa shape index (κ3) is 31.3. The molecule has 0 aliphatic rings. The quantitative estimate of drug-likeness (QED) is 0.0130. The van der Waals surface area contributed by atoms with Gasteiger partial charge in [0, 0.05) is 108 Å². The molecule has 39 heteroatoms. The van der Waals surface area contributed by atoms with E-state index in [2.05, 4.69) is 82.4 Å². The minimum atomic E-state index is -0.667. The Morgan fingerprint density at radius 1 is 0.306 bits per heavy atom. The van der Waals surface area contributed by atoms with Gasteiger partial charge in [-0.25, -0.2) is 46.3 Å². The summed E-state index contributed by atoms with van der Waals surface area (Å²) in [4.78, 5) is 147. The Bertz CT molecular complexity index is 7220. The number of fused-ring (bicyclic) bond motifs is 4. The molecule has 6 aromatic carbocycles. The first-order valence-corrected chi connectivity index (χ1v) is 47.5. The summed E-state index contributed by atoms with van der Waals surface area (Å²) in [7, 11) is 15.2. The van der Waals surface area contributed by atoms with Crippen molar-refractivity contribution in [2.45, 2.75) is 77.9 Å². The predicted octanol–water partition coefficient (Wildman–Crippen LogP) is 14.2. The molecule has 0 radical (unpaired) electrons. The van der Waals surface area contributed by atoms with Crippen molar-refractivity contribution < 1.29 is 85.1 Å². The van der Waals surface area contributed by atoms with Crippen molar-refractivity contribution >= 4 is 108 Å². The summed E-state index contributed by atoms with van der Waals surface area (Å²) in [6, 6.07) is 45.6. The fourth-order valence-electron chi connectivity index (χ4n) is 14.9. The second-order valence-electron chi connectivity index (χ2n) is 36.5. The van der Waals surface area contributed by atoms with Crippen LogP contribution in [0.4, 0.5) is 32.0 Å². The number of anilines is 1. The van der Waals surface area contributed by atoms with E-state index in [4.69, 9.17) is 0 Å². The first kappa shape index (κ1) is 109. The number of thiophene rings is 1. The van der Waals surface area contributed by atoms with Gasteiger partial charge in [-0.2, -0.15) is 0 Å². The first-order chi connectivity index (χ1) is 70.2. The van der Waals surface area contributed by atoms with Crippen LogP contribution in [0.25, 0.3) is 43.6 Å². The number of benzene rings is 6. The molecule has 0 aliphatic carbocycles. The fourth-order valence-corrected chi connectivity index (χ4v) is 15.5. The summed E-state index contributed by atoms with van der Waals surface area (Å²) in [5.74, 6) is -8.56. The van der Waals surface area contributed by atoms with Crippen molar-refractivity contribution in [3.05, 3.63) is 348 Å². The van der Waals surface area contributed by atoms with Crippen LogP contribution in [-0.2, 0) is 38.8 Å². The number of aromatic hydroxyl groups is 4. The molecular weight excluding hydrogens is 1920 g/mol. The third-order valence-electron chi connectivity index (χ3n) is 22.3. The second-order valence-corrected chi connectivity index (χ2v) is 37.5. The normalized spacial score (nSPS) is 11.2. The van der Waals surface area contributed by atoms with Crippen LogP contribution in [-0.4, -0.2) is 241 Å². The van der Waals surface area contributed by atoms with Crippen molar-refractivity contribution in [3.8, 4) is 23.0 Å². The number of hydrogen-bond acceptors (Lipinski definition) is 25. The summed E-state index contributed by atoms with van der Waals surface area (Å²) >= 11 is 1.51. The molecule has 9 aromatic heterocycles. The maximum atomic E-state index is 13.3. The van der Waals surface area contributed by atoms with Crippen molar-refractivity contribution in [2.75, 3.05) is 114 Å². The van der Waals surface area contributed by atoms with Gasteiger partial charge in [0.05, 0.1) is 6.54 Å². The highest BCUT2D eigenvalue weighted by Crippen LogP contribution is 2.36. The molecule has 0 fully saturated rings. The van der Waals surface area contributed by atoms with Gasteiger partial charge in [0.1, 0.15) is 79.7 Å². The Balaban J connectivity index is 0.000000174. The molecule has 32 nitrogen and oxygen atoms in total. The maximum absolute atomic E-state index is 13.3. The molecule has 0 bridgehead atoms. The van der Waals surface area contributed by atoms with E-state index < -0.39 is 81.7 Å². The molecule has 0 atom stereocenters. The average molecular weight is 2030 g/mol. The average Bonchev–Trinajstić information content (AvgIpc) is 0.856. The molecule has 15 rings (SSSR count). The Labute approximate surface area is 847 Å². The molecule has 15 aromatic rings.